The molecule has 300 valence electrons. The summed E-state index contributed by atoms with van der Waals surface area (Å²) >= 11 is 0. The van der Waals surface area contributed by atoms with Crippen LogP contribution >= 0.6 is 0 Å². The molecule has 0 bridgehead atoms. The number of hydrogen-bond acceptors (Lipinski definition) is 10. The first-order valence-electron chi connectivity index (χ1n) is 19.9. The largest absolute Gasteiger partial charge is 0.458 e. The maximum Gasteiger partial charge on any atom is 0.419 e. The fraction of sp³-hybridized carbons (Fsp3) is 0.810. The van der Waals surface area contributed by atoms with E-state index in [9.17, 15) is 14.4 Å². The predicted molar refractivity (Wildman–Crippen MR) is 202 cm³/mol. The van der Waals surface area contributed by atoms with Crippen molar-refractivity contribution in [2.24, 2.45) is 46.3 Å². The van der Waals surface area contributed by atoms with Crippen molar-refractivity contribution < 1.29 is 42.8 Å². The van der Waals surface area contributed by atoms with E-state index in [1.807, 2.05) is 20.8 Å². The minimum absolute atomic E-state index is 0.0283. The SMILES string of the molecule is CC[C@H]1OC(=O)[C@H](C)[C@@H](OC2CC(C)(C)[C@@H](C)[C@H](C)O2)[C@H](C)[C@@H](OC2O[C@H](C)C[C@H](C)[C@H]2C)C(C)(C)C[C@@H](C)C(=O)/C(C)=C/[C@@H]1OC(=O)n1ccnc1. The van der Waals surface area contributed by atoms with Gasteiger partial charge >= 0.3 is 12.1 Å². The highest BCUT2D eigenvalue weighted by Crippen LogP contribution is 2.45. The first-order valence-corrected chi connectivity index (χ1v) is 19.9. The Labute approximate surface area is 318 Å². The van der Waals surface area contributed by atoms with Crippen molar-refractivity contribution >= 4 is 17.8 Å². The highest BCUT2D eigenvalue weighted by atomic mass is 16.7. The van der Waals surface area contributed by atoms with Crippen molar-refractivity contribution in [3.63, 3.8) is 0 Å². The number of ketones is 1. The third-order valence-electron chi connectivity index (χ3n) is 12.7. The molecule has 14 atom stereocenters. The van der Waals surface area contributed by atoms with Crippen LogP contribution in [0.1, 0.15) is 123 Å². The van der Waals surface area contributed by atoms with Gasteiger partial charge in [0.05, 0.1) is 30.3 Å². The molecule has 1 aromatic heterocycles. The van der Waals surface area contributed by atoms with Gasteiger partial charge in [-0.2, -0.15) is 0 Å². The Morgan fingerprint density at radius 3 is 2.23 bits per heavy atom. The number of aromatic nitrogens is 2. The van der Waals surface area contributed by atoms with Gasteiger partial charge in [0.2, 0.25) is 0 Å². The molecule has 53 heavy (non-hydrogen) atoms. The van der Waals surface area contributed by atoms with E-state index in [1.54, 1.807) is 13.0 Å². The molecule has 0 aliphatic carbocycles. The fourth-order valence-corrected chi connectivity index (χ4v) is 8.77. The van der Waals surface area contributed by atoms with Gasteiger partial charge in [0.25, 0.3) is 0 Å². The zero-order chi connectivity index (χ0) is 39.6. The quantitative estimate of drug-likeness (QED) is 0.262. The Morgan fingerprint density at radius 2 is 1.62 bits per heavy atom. The van der Waals surface area contributed by atoms with Gasteiger partial charge in [0, 0.05) is 36.6 Å². The maximum atomic E-state index is 14.4. The molecule has 3 aliphatic rings. The second-order valence-corrected chi connectivity index (χ2v) is 18.0. The summed E-state index contributed by atoms with van der Waals surface area (Å²) in [4.78, 5) is 45.6. The Hall–Kier alpha value is -2.60. The Balaban J connectivity index is 1.81. The normalized spacial score (nSPS) is 41.1. The zero-order valence-corrected chi connectivity index (χ0v) is 34.8. The van der Waals surface area contributed by atoms with Crippen LogP contribution in [0.5, 0.6) is 0 Å². The molecule has 1 aromatic rings. The van der Waals surface area contributed by atoms with Crippen LogP contribution in [0.25, 0.3) is 0 Å². The number of hydrogen-bond donors (Lipinski definition) is 0. The van der Waals surface area contributed by atoms with Crippen LogP contribution in [-0.2, 0) is 38.0 Å². The molecule has 4 rings (SSSR count). The summed E-state index contributed by atoms with van der Waals surface area (Å²) in [5, 5.41) is 0. The Morgan fingerprint density at radius 1 is 0.943 bits per heavy atom. The van der Waals surface area contributed by atoms with Crippen molar-refractivity contribution in [1.29, 1.82) is 0 Å². The number of nitrogens with zero attached hydrogens (tertiary/aromatic N) is 2. The molecule has 0 saturated carbocycles. The van der Waals surface area contributed by atoms with Crippen LogP contribution in [0.3, 0.4) is 0 Å². The summed E-state index contributed by atoms with van der Waals surface area (Å²) in [6.07, 6.45) is 3.48. The van der Waals surface area contributed by atoms with E-state index in [0.717, 1.165) is 6.42 Å². The lowest BCUT2D eigenvalue weighted by molar-refractivity contribution is -0.293. The summed E-state index contributed by atoms with van der Waals surface area (Å²) in [5.41, 5.74) is -0.218. The topological polar surface area (TPSA) is 124 Å². The number of carbonyl (C=O) groups excluding carboxylic acids is 3. The van der Waals surface area contributed by atoms with Gasteiger partial charge in [0.15, 0.2) is 24.5 Å². The molecular formula is C42H68N2O9. The minimum atomic E-state index is -1.02. The number of esters is 1. The van der Waals surface area contributed by atoms with Crippen LogP contribution in [0.2, 0.25) is 0 Å². The number of allylic oxidation sites excluding steroid dienone is 1. The highest BCUT2D eigenvalue weighted by Gasteiger charge is 2.49. The molecule has 0 spiro atoms. The average Bonchev–Trinajstić information content (AvgIpc) is 3.62. The second kappa shape index (κ2) is 17.5. The number of Topliss-reactive ketones (excluding diaryl/α,β-unsaturated/α-hetero) is 1. The summed E-state index contributed by atoms with van der Waals surface area (Å²) < 4.78 is 40.4. The number of imidazole rings is 1. The van der Waals surface area contributed by atoms with Crippen LogP contribution in [0, 0.1) is 46.3 Å². The standard InChI is InChI=1S/C42H68N2O9/c1-15-32-33(51-40(47)44-17-16-43-22-44)19-24(3)35(45)25(4)20-42(13,14)37(53-39-27(6)23(2)18-26(5)48-39)28(7)36(29(8)38(46)50-32)52-34-21-41(11,12)30(9)31(10)49-34/h16-17,19,22-23,25-34,36-37,39H,15,18,20-21H2,1-14H3/b24-19+/t23-,25+,26+,27+,28-,29+,30-,31-,32+,33-,34?,36-,37+,39?/m0/s1. The van der Waals surface area contributed by atoms with Gasteiger partial charge < -0.3 is 28.4 Å². The van der Waals surface area contributed by atoms with E-state index < -0.39 is 66.3 Å². The molecule has 2 saturated heterocycles. The first kappa shape index (κ1) is 43.1. The van der Waals surface area contributed by atoms with Gasteiger partial charge in [-0.15, -0.1) is 0 Å². The van der Waals surface area contributed by atoms with Gasteiger partial charge in [-0.25, -0.2) is 14.3 Å². The van der Waals surface area contributed by atoms with Crippen LogP contribution in [-0.4, -0.2) is 76.6 Å². The predicted octanol–water partition coefficient (Wildman–Crippen LogP) is 8.39. The lowest BCUT2D eigenvalue weighted by Gasteiger charge is -2.49. The second-order valence-electron chi connectivity index (χ2n) is 18.0. The van der Waals surface area contributed by atoms with Crippen molar-refractivity contribution in [2.45, 2.75) is 172 Å². The first-order chi connectivity index (χ1) is 24.7. The van der Waals surface area contributed by atoms with E-state index in [4.69, 9.17) is 28.4 Å². The molecular weight excluding hydrogens is 676 g/mol. The molecule has 0 amide bonds. The Bertz CT molecular complexity index is 1420. The summed E-state index contributed by atoms with van der Waals surface area (Å²) in [7, 11) is 0. The van der Waals surface area contributed by atoms with E-state index >= 15 is 0 Å². The highest BCUT2D eigenvalue weighted by molar-refractivity contribution is 5.96. The molecule has 3 aliphatic heterocycles. The number of ether oxygens (including phenoxy) is 6. The van der Waals surface area contributed by atoms with Gasteiger partial charge in [-0.05, 0) is 81.3 Å². The summed E-state index contributed by atoms with van der Waals surface area (Å²) in [6, 6.07) is 0. The molecule has 2 fully saturated rings. The number of rotatable bonds is 6. The number of carbonyl (C=O) groups is 3. The molecule has 11 nitrogen and oxygen atoms in total. The van der Waals surface area contributed by atoms with E-state index in [1.165, 1.54) is 23.3 Å². The summed E-state index contributed by atoms with van der Waals surface area (Å²) in [5.74, 6) is -1.30. The smallest absolute Gasteiger partial charge is 0.419 e. The third-order valence-corrected chi connectivity index (χ3v) is 12.7. The van der Waals surface area contributed by atoms with Crippen LogP contribution in [0.4, 0.5) is 4.79 Å². The van der Waals surface area contributed by atoms with E-state index in [2.05, 4.69) is 74.2 Å². The zero-order valence-electron chi connectivity index (χ0n) is 34.8. The molecule has 0 radical (unpaired) electrons. The van der Waals surface area contributed by atoms with E-state index in [-0.39, 0.29) is 35.2 Å². The van der Waals surface area contributed by atoms with Gasteiger partial charge in [-0.1, -0.05) is 69.2 Å². The molecule has 4 heterocycles. The monoisotopic (exact) mass is 744 g/mol. The van der Waals surface area contributed by atoms with Crippen LogP contribution in [0.15, 0.2) is 30.4 Å². The minimum Gasteiger partial charge on any atom is -0.458 e. The van der Waals surface area contributed by atoms with Crippen molar-refractivity contribution in [2.75, 3.05) is 0 Å². The van der Waals surface area contributed by atoms with Crippen molar-refractivity contribution in [3.8, 4) is 0 Å². The maximum absolute atomic E-state index is 14.4. The van der Waals surface area contributed by atoms with Crippen molar-refractivity contribution in [1.82, 2.24) is 9.55 Å². The van der Waals surface area contributed by atoms with Gasteiger partial charge in [-0.3, -0.25) is 9.59 Å². The lowest BCUT2D eigenvalue weighted by Crippen LogP contribution is -2.53. The fourth-order valence-electron chi connectivity index (χ4n) is 8.77. The molecule has 2 unspecified atom stereocenters. The number of cyclic esters (lactones) is 1. The summed E-state index contributed by atoms with van der Waals surface area (Å²) in [6.45, 7) is 28.8. The van der Waals surface area contributed by atoms with Crippen LogP contribution < -0.4 is 0 Å². The Kier molecular flexibility index (Phi) is 14.2. The van der Waals surface area contributed by atoms with Crippen molar-refractivity contribution in [3.05, 3.63) is 30.4 Å². The molecule has 0 aromatic carbocycles. The van der Waals surface area contributed by atoms with Gasteiger partial charge in [0.1, 0.15) is 12.4 Å². The van der Waals surface area contributed by atoms with E-state index in [0.29, 0.717) is 36.7 Å². The lowest BCUT2D eigenvalue weighted by atomic mass is 9.70. The molecule has 0 N–H and O–H groups in total. The third kappa shape index (κ3) is 10.2. The molecule has 11 heteroatoms. The average molecular weight is 745 g/mol.